The summed E-state index contributed by atoms with van der Waals surface area (Å²) in [6.07, 6.45) is 0. The molecule has 0 fully saturated rings. The van der Waals surface area contributed by atoms with Crippen molar-refractivity contribution in [1.29, 1.82) is 0 Å². The molecule has 0 radical (unpaired) electrons. The lowest BCUT2D eigenvalue weighted by atomic mass is 10.2. The molecule has 0 bridgehead atoms. The van der Waals surface area contributed by atoms with Crippen molar-refractivity contribution in [1.82, 2.24) is 15.1 Å². The minimum Gasteiger partial charge on any atom is -0.347 e. The highest BCUT2D eigenvalue weighted by atomic mass is 35.5. The van der Waals surface area contributed by atoms with Crippen LogP contribution in [0.25, 0.3) is 0 Å². The van der Waals surface area contributed by atoms with E-state index in [9.17, 15) is 4.79 Å². The van der Waals surface area contributed by atoms with E-state index in [1.54, 1.807) is 22.9 Å². The van der Waals surface area contributed by atoms with E-state index >= 15 is 0 Å². The third kappa shape index (κ3) is 2.90. The molecule has 0 unspecified atom stereocenters. The third-order valence-electron chi connectivity index (χ3n) is 2.71. The quantitative estimate of drug-likeness (QED) is 0.924. The molecule has 0 spiro atoms. The van der Waals surface area contributed by atoms with Crippen LogP contribution in [-0.4, -0.2) is 15.7 Å². The maximum absolute atomic E-state index is 11.8. The number of rotatable bonds is 3. The van der Waals surface area contributed by atoms with Gasteiger partial charge in [-0.1, -0.05) is 23.7 Å². The summed E-state index contributed by atoms with van der Waals surface area (Å²) in [6, 6.07) is 9.12. The number of nitrogens with one attached hydrogen (secondary N) is 1. The Balaban J connectivity index is 1.98. The van der Waals surface area contributed by atoms with Crippen molar-refractivity contribution in [2.45, 2.75) is 13.5 Å². The van der Waals surface area contributed by atoms with Gasteiger partial charge in [-0.25, -0.2) is 0 Å². The summed E-state index contributed by atoms with van der Waals surface area (Å²) in [5.41, 5.74) is 2.39. The van der Waals surface area contributed by atoms with Crippen molar-refractivity contribution >= 4 is 17.5 Å². The van der Waals surface area contributed by atoms with Gasteiger partial charge in [0.15, 0.2) is 0 Å². The van der Waals surface area contributed by atoms with Crippen LogP contribution in [0.4, 0.5) is 0 Å². The van der Waals surface area contributed by atoms with Crippen LogP contribution in [0.1, 0.15) is 21.7 Å². The maximum atomic E-state index is 11.8. The Labute approximate surface area is 111 Å². The van der Waals surface area contributed by atoms with Crippen molar-refractivity contribution in [3.05, 3.63) is 52.3 Å². The number of aryl methyl sites for hydroxylation is 2. The van der Waals surface area contributed by atoms with Crippen LogP contribution in [0.15, 0.2) is 30.3 Å². The Bertz CT molecular complexity index is 541. The van der Waals surface area contributed by atoms with E-state index in [0.29, 0.717) is 17.3 Å². The molecular weight excluding hydrogens is 250 g/mol. The average Bonchev–Trinajstić information content (AvgIpc) is 2.69. The Morgan fingerprint density at radius 3 is 2.61 bits per heavy atom. The summed E-state index contributed by atoms with van der Waals surface area (Å²) >= 11 is 5.79. The minimum absolute atomic E-state index is 0.173. The smallest absolute Gasteiger partial charge is 0.272 e. The molecule has 1 aromatic carbocycles. The lowest BCUT2D eigenvalue weighted by Gasteiger charge is -2.03. The fraction of sp³-hybridized carbons (Fsp3) is 0.231. The van der Waals surface area contributed by atoms with Crippen molar-refractivity contribution < 1.29 is 4.79 Å². The SMILES string of the molecule is Cc1cc(C(=O)NCc2ccc(Cl)cc2)nn1C. The van der Waals surface area contributed by atoms with Gasteiger partial charge in [-0.05, 0) is 30.7 Å². The van der Waals surface area contributed by atoms with Crippen LogP contribution in [0.5, 0.6) is 0 Å². The normalized spacial score (nSPS) is 10.4. The predicted octanol–water partition coefficient (Wildman–Crippen LogP) is 2.31. The second-order valence-electron chi connectivity index (χ2n) is 4.10. The number of benzene rings is 1. The molecule has 1 aromatic heterocycles. The van der Waals surface area contributed by atoms with Gasteiger partial charge in [0.1, 0.15) is 5.69 Å². The number of nitrogens with zero attached hydrogens (tertiary/aromatic N) is 2. The summed E-state index contributed by atoms with van der Waals surface area (Å²) < 4.78 is 1.68. The monoisotopic (exact) mass is 263 g/mol. The number of aromatic nitrogens is 2. The second-order valence-corrected chi connectivity index (χ2v) is 4.54. The van der Waals surface area contributed by atoms with Crippen molar-refractivity contribution in [3.63, 3.8) is 0 Å². The van der Waals surface area contributed by atoms with E-state index < -0.39 is 0 Å². The lowest BCUT2D eigenvalue weighted by molar-refractivity contribution is 0.0945. The number of hydrogen-bond acceptors (Lipinski definition) is 2. The standard InChI is InChI=1S/C13H14ClN3O/c1-9-7-12(16-17(9)2)13(18)15-8-10-3-5-11(14)6-4-10/h3-7H,8H2,1-2H3,(H,15,18). The topological polar surface area (TPSA) is 46.9 Å². The summed E-state index contributed by atoms with van der Waals surface area (Å²) in [6.45, 7) is 2.37. The molecule has 1 amide bonds. The molecular formula is C13H14ClN3O. The van der Waals surface area contributed by atoms with Crippen LogP contribution >= 0.6 is 11.6 Å². The van der Waals surface area contributed by atoms with E-state index in [2.05, 4.69) is 10.4 Å². The van der Waals surface area contributed by atoms with Crippen LogP contribution in [0.2, 0.25) is 5.02 Å². The molecule has 0 aliphatic rings. The first kappa shape index (κ1) is 12.6. The molecule has 2 aromatic rings. The van der Waals surface area contributed by atoms with E-state index in [0.717, 1.165) is 11.3 Å². The largest absolute Gasteiger partial charge is 0.347 e. The van der Waals surface area contributed by atoms with Gasteiger partial charge in [0.05, 0.1) is 0 Å². The predicted molar refractivity (Wildman–Crippen MR) is 70.6 cm³/mol. The van der Waals surface area contributed by atoms with E-state index in [-0.39, 0.29) is 5.91 Å². The first-order valence-electron chi connectivity index (χ1n) is 5.59. The molecule has 0 aliphatic carbocycles. The zero-order valence-corrected chi connectivity index (χ0v) is 11.0. The number of hydrogen-bond donors (Lipinski definition) is 1. The summed E-state index contributed by atoms with van der Waals surface area (Å²) in [7, 11) is 1.81. The van der Waals surface area contributed by atoms with Gasteiger partial charge in [-0.2, -0.15) is 5.10 Å². The number of carbonyl (C=O) groups is 1. The molecule has 0 aliphatic heterocycles. The van der Waals surface area contributed by atoms with Crippen molar-refractivity contribution in [2.24, 2.45) is 7.05 Å². The van der Waals surface area contributed by atoms with Gasteiger partial charge in [0, 0.05) is 24.3 Å². The van der Waals surface area contributed by atoms with E-state index in [1.165, 1.54) is 0 Å². The Morgan fingerprint density at radius 1 is 1.39 bits per heavy atom. The number of amides is 1. The van der Waals surface area contributed by atoms with Gasteiger partial charge < -0.3 is 5.32 Å². The zero-order chi connectivity index (χ0) is 13.1. The minimum atomic E-state index is -0.173. The van der Waals surface area contributed by atoms with Crippen molar-refractivity contribution in [3.8, 4) is 0 Å². The van der Waals surface area contributed by atoms with Crippen LogP contribution in [-0.2, 0) is 13.6 Å². The average molecular weight is 264 g/mol. The van der Waals surface area contributed by atoms with Gasteiger partial charge >= 0.3 is 0 Å². The summed E-state index contributed by atoms with van der Waals surface area (Å²) in [5.74, 6) is -0.173. The van der Waals surface area contributed by atoms with Gasteiger partial charge in [0.2, 0.25) is 0 Å². The molecule has 18 heavy (non-hydrogen) atoms. The maximum Gasteiger partial charge on any atom is 0.272 e. The molecule has 4 nitrogen and oxygen atoms in total. The summed E-state index contributed by atoms with van der Waals surface area (Å²) in [5, 5.41) is 7.62. The second kappa shape index (κ2) is 5.23. The van der Waals surface area contributed by atoms with Gasteiger partial charge in [-0.3, -0.25) is 9.48 Å². The molecule has 1 heterocycles. The Morgan fingerprint density at radius 2 is 2.06 bits per heavy atom. The molecule has 2 rings (SSSR count). The Kier molecular flexibility index (Phi) is 3.67. The molecule has 1 N–H and O–H groups in total. The molecule has 0 saturated carbocycles. The number of halogens is 1. The molecule has 5 heteroatoms. The van der Waals surface area contributed by atoms with Gasteiger partial charge in [0.25, 0.3) is 5.91 Å². The van der Waals surface area contributed by atoms with E-state index in [1.807, 2.05) is 26.1 Å². The van der Waals surface area contributed by atoms with Crippen LogP contribution in [0.3, 0.4) is 0 Å². The highest BCUT2D eigenvalue weighted by molar-refractivity contribution is 6.30. The fourth-order valence-electron chi connectivity index (χ4n) is 1.55. The van der Waals surface area contributed by atoms with E-state index in [4.69, 9.17) is 11.6 Å². The highest BCUT2D eigenvalue weighted by Crippen LogP contribution is 2.09. The Hall–Kier alpha value is -1.81. The molecule has 0 atom stereocenters. The first-order valence-corrected chi connectivity index (χ1v) is 5.97. The molecule has 0 saturated heterocycles. The number of carbonyl (C=O) groups excluding carboxylic acids is 1. The zero-order valence-electron chi connectivity index (χ0n) is 10.3. The molecule has 94 valence electrons. The van der Waals surface area contributed by atoms with Crippen LogP contribution < -0.4 is 5.32 Å². The van der Waals surface area contributed by atoms with Crippen molar-refractivity contribution in [2.75, 3.05) is 0 Å². The first-order chi connectivity index (χ1) is 8.56. The summed E-state index contributed by atoms with van der Waals surface area (Å²) in [4.78, 5) is 11.8. The third-order valence-corrected chi connectivity index (χ3v) is 2.96. The lowest BCUT2D eigenvalue weighted by Crippen LogP contribution is -2.23. The van der Waals surface area contributed by atoms with Crippen LogP contribution in [0, 0.1) is 6.92 Å². The fourth-order valence-corrected chi connectivity index (χ4v) is 1.67. The highest BCUT2D eigenvalue weighted by Gasteiger charge is 2.10. The van der Waals surface area contributed by atoms with Gasteiger partial charge in [-0.15, -0.1) is 0 Å².